The van der Waals surface area contributed by atoms with Crippen molar-refractivity contribution in [1.29, 1.82) is 0 Å². The molecule has 0 aliphatic carbocycles. The third kappa shape index (κ3) is 7.11. The molecule has 28 heavy (non-hydrogen) atoms. The number of Topliss-reactive ketones (excluding diaryl/α,β-unsaturated/α-hetero) is 2. The van der Waals surface area contributed by atoms with Gasteiger partial charge in [0.2, 0.25) is 5.91 Å². The molecule has 0 aliphatic heterocycles. The number of halogens is 1. The SMILES string of the molecule is O=C(CCC(=O)c1ccccc1)NCCC(=O)OCC(=O)c1ccc(F)cc1. The van der Waals surface area contributed by atoms with E-state index in [-0.39, 0.29) is 43.1 Å². The largest absolute Gasteiger partial charge is 0.457 e. The smallest absolute Gasteiger partial charge is 0.308 e. The van der Waals surface area contributed by atoms with E-state index in [1.165, 1.54) is 12.1 Å². The summed E-state index contributed by atoms with van der Waals surface area (Å²) in [6.07, 6.45) is -0.00659. The quantitative estimate of drug-likeness (QED) is 0.502. The van der Waals surface area contributed by atoms with Crippen molar-refractivity contribution >= 4 is 23.4 Å². The molecule has 2 aromatic rings. The monoisotopic (exact) mass is 385 g/mol. The van der Waals surface area contributed by atoms with Crippen molar-refractivity contribution in [3.05, 3.63) is 71.5 Å². The number of esters is 1. The van der Waals surface area contributed by atoms with Crippen molar-refractivity contribution in [2.45, 2.75) is 19.3 Å². The molecule has 146 valence electrons. The van der Waals surface area contributed by atoms with Crippen molar-refractivity contribution in [1.82, 2.24) is 5.32 Å². The molecule has 1 amide bonds. The molecule has 0 fully saturated rings. The number of amides is 1. The van der Waals surface area contributed by atoms with Crippen LogP contribution < -0.4 is 5.32 Å². The maximum Gasteiger partial charge on any atom is 0.308 e. The summed E-state index contributed by atoms with van der Waals surface area (Å²) in [5.41, 5.74) is 0.787. The summed E-state index contributed by atoms with van der Waals surface area (Å²) in [4.78, 5) is 47.1. The molecule has 0 saturated carbocycles. The zero-order chi connectivity index (χ0) is 20.4. The second kappa shape index (κ2) is 10.7. The first-order valence-corrected chi connectivity index (χ1v) is 8.75. The van der Waals surface area contributed by atoms with Crippen LogP contribution in [0.1, 0.15) is 40.0 Å². The second-order valence-corrected chi connectivity index (χ2v) is 5.98. The summed E-state index contributed by atoms with van der Waals surface area (Å²) < 4.78 is 17.6. The highest BCUT2D eigenvalue weighted by Crippen LogP contribution is 2.06. The number of nitrogens with one attached hydrogen (secondary N) is 1. The first-order valence-electron chi connectivity index (χ1n) is 8.75. The summed E-state index contributed by atoms with van der Waals surface area (Å²) in [6, 6.07) is 13.6. The number of ether oxygens (including phenoxy) is 1. The molecule has 0 spiro atoms. The fraction of sp³-hybridized carbons (Fsp3) is 0.238. The van der Waals surface area contributed by atoms with Crippen LogP contribution in [0, 0.1) is 5.82 Å². The van der Waals surface area contributed by atoms with Crippen LogP contribution in [0.5, 0.6) is 0 Å². The molecule has 2 rings (SSSR count). The van der Waals surface area contributed by atoms with E-state index in [1.807, 2.05) is 0 Å². The Morgan fingerprint density at radius 3 is 2.11 bits per heavy atom. The fourth-order valence-corrected chi connectivity index (χ4v) is 2.33. The highest BCUT2D eigenvalue weighted by atomic mass is 19.1. The minimum Gasteiger partial charge on any atom is -0.457 e. The summed E-state index contributed by atoms with van der Waals surface area (Å²) >= 11 is 0. The van der Waals surface area contributed by atoms with Gasteiger partial charge in [0.1, 0.15) is 5.82 Å². The Bertz CT molecular complexity index is 834. The zero-order valence-corrected chi connectivity index (χ0v) is 15.2. The zero-order valence-electron chi connectivity index (χ0n) is 15.2. The lowest BCUT2D eigenvalue weighted by Gasteiger charge is -2.06. The highest BCUT2D eigenvalue weighted by molar-refractivity contribution is 5.98. The van der Waals surface area contributed by atoms with E-state index in [9.17, 15) is 23.6 Å². The Morgan fingerprint density at radius 2 is 1.43 bits per heavy atom. The maximum atomic E-state index is 12.8. The van der Waals surface area contributed by atoms with Gasteiger partial charge in [0.15, 0.2) is 18.2 Å². The lowest BCUT2D eigenvalue weighted by atomic mass is 10.1. The first kappa shape index (κ1) is 21.0. The van der Waals surface area contributed by atoms with Gasteiger partial charge in [-0.15, -0.1) is 0 Å². The molecule has 7 heteroatoms. The Balaban J connectivity index is 1.61. The van der Waals surface area contributed by atoms with Gasteiger partial charge >= 0.3 is 5.97 Å². The second-order valence-electron chi connectivity index (χ2n) is 5.98. The maximum absolute atomic E-state index is 12.8. The van der Waals surface area contributed by atoms with Crippen molar-refractivity contribution in [3.63, 3.8) is 0 Å². The predicted octanol–water partition coefficient (Wildman–Crippen LogP) is 2.72. The van der Waals surface area contributed by atoms with Crippen LogP contribution in [0.4, 0.5) is 4.39 Å². The minimum atomic E-state index is -0.642. The van der Waals surface area contributed by atoms with Gasteiger partial charge in [-0.25, -0.2) is 4.39 Å². The number of hydrogen-bond acceptors (Lipinski definition) is 5. The molecule has 0 saturated heterocycles. The highest BCUT2D eigenvalue weighted by Gasteiger charge is 2.12. The molecule has 0 unspecified atom stereocenters. The molecular weight excluding hydrogens is 365 g/mol. The standard InChI is InChI=1S/C21H20FNO5/c22-17-8-6-16(7-9-17)19(25)14-28-21(27)12-13-23-20(26)11-10-18(24)15-4-2-1-3-5-15/h1-9H,10-14H2,(H,23,26). The topological polar surface area (TPSA) is 89.5 Å². The molecule has 0 radical (unpaired) electrons. The average molecular weight is 385 g/mol. The molecule has 0 atom stereocenters. The normalized spacial score (nSPS) is 10.2. The lowest BCUT2D eigenvalue weighted by molar-refractivity contribution is -0.142. The molecule has 2 aromatic carbocycles. The van der Waals surface area contributed by atoms with E-state index < -0.39 is 24.2 Å². The van der Waals surface area contributed by atoms with Crippen molar-refractivity contribution < 1.29 is 28.3 Å². The molecule has 6 nitrogen and oxygen atoms in total. The Labute approximate surface area is 161 Å². The molecule has 0 aromatic heterocycles. The van der Waals surface area contributed by atoms with Gasteiger partial charge in [-0.1, -0.05) is 30.3 Å². The number of ketones is 2. The van der Waals surface area contributed by atoms with E-state index in [0.29, 0.717) is 5.56 Å². The summed E-state index contributed by atoms with van der Waals surface area (Å²) in [5.74, 6) is -2.03. The van der Waals surface area contributed by atoms with Crippen molar-refractivity contribution in [2.75, 3.05) is 13.2 Å². The van der Waals surface area contributed by atoms with Gasteiger partial charge in [-0.3, -0.25) is 19.2 Å². The molecular formula is C21H20FNO5. The summed E-state index contributed by atoms with van der Waals surface area (Å²) in [6.45, 7) is -0.411. The van der Waals surface area contributed by atoms with Gasteiger partial charge in [0.05, 0.1) is 6.42 Å². The Hall–Kier alpha value is -3.35. The van der Waals surface area contributed by atoms with E-state index >= 15 is 0 Å². The summed E-state index contributed by atoms with van der Waals surface area (Å²) in [5, 5.41) is 2.53. The lowest BCUT2D eigenvalue weighted by Crippen LogP contribution is -2.27. The number of hydrogen-bond donors (Lipinski definition) is 1. The first-order chi connectivity index (χ1) is 13.5. The Kier molecular flexibility index (Phi) is 8.02. The Morgan fingerprint density at radius 1 is 0.786 bits per heavy atom. The van der Waals surface area contributed by atoms with Crippen LogP contribution in [0.25, 0.3) is 0 Å². The van der Waals surface area contributed by atoms with Crippen LogP contribution in [-0.2, 0) is 14.3 Å². The van der Waals surface area contributed by atoms with Crippen LogP contribution in [0.2, 0.25) is 0 Å². The van der Waals surface area contributed by atoms with Crippen molar-refractivity contribution in [3.8, 4) is 0 Å². The van der Waals surface area contributed by atoms with Crippen LogP contribution >= 0.6 is 0 Å². The van der Waals surface area contributed by atoms with Crippen LogP contribution in [0.15, 0.2) is 54.6 Å². The summed E-state index contributed by atoms with van der Waals surface area (Å²) in [7, 11) is 0. The van der Waals surface area contributed by atoms with Crippen molar-refractivity contribution in [2.24, 2.45) is 0 Å². The molecule has 0 bridgehead atoms. The van der Waals surface area contributed by atoms with E-state index in [0.717, 1.165) is 12.1 Å². The molecule has 0 aliphatic rings. The van der Waals surface area contributed by atoms with Gasteiger partial charge < -0.3 is 10.1 Å². The van der Waals surface area contributed by atoms with Gasteiger partial charge in [-0.2, -0.15) is 0 Å². The van der Waals surface area contributed by atoms with Gasteiger partial charge in [0, 0.05) is 30.5 Å². The van der Waals surface area contributed by atoms with E-state index in [1.54, 1.807) is 30.3 Å². The van der Waals surface area contributed by atoms with Gasteiger partial charge in [0.25, 0.3) is 0 Å². The average Bonchev–Trinajstić information content (AvgIpc) is 2.71. The number of benzene rings is 2. The third-order valence-electron chi connectivity index (χ3n) is 3.86. The van der Waals surface area contributed by atoms with Crippen LogP contribution in [0.3, 0.4) is 0 Å². The van der Waals surface area contributed by atoms with Crippen LogP contribution in [-0.4, -0.2) is 36.6 Å². The third-order valence-corrected chi connectivity index (χ3v) is 3.86. The number of rotatable bonds is 10. The predicted molar refractivity (Wildman–Crippen MR) is 99.3 cm³/mol. The minimum absolute atomic E-state index is 0.0197. The fourth-order valence-electron chi connectivity index (χ4n) is 2.33. The van der Waals surface area contributed by atoms with Gasteiger partial charge in [-0.05, 0) is 24.3 Å². The van der Waals surface area contributed by atoms with E-state index in [4.69, 9.17) is 4.74 Å². The number of carbonyl (C=O) groups excluding carboxylic acids is 4. The molecule has 1 N–H and O–H groups in total. The van der Waals surface area contributed by atoms with E-state index in [2.05, 4.69) is 5.32 Å². The number of carbonyl (C=O) groups is 4. The molecule has 0 heterocycles.